The zero-order chi connectivity index (χ0) is 30.8. The fourth-order valence-electron chi connectivity index (χ4n) is 7.30. The van der Waals surface area contributed by atoms with Gasteiger partial charge in [0.2, 0.25) is 0 Å². The number of fused-ring (bicyclic) bond motifs is 6. The van der Waals surface area contributed by atoms with E-state index in [4.69, 9.17) is 9.97 Å². The van der Waals surface area contributed by atoms with Gasteiger partial charge in [-0.1, -0.05) is 92.7 Å². The maximum absolute atomic E-state index is 5.36. The standard InChI is InChI=1S/C42H33N3S/c1-26-10-8-11-28(22-26)35-25-36(44-42(43-35)32-15-9-17-40-41(32)34-23-27(2)18-21-39(34)46-40)29-19-20-38-33(24-29)31-14-6-7-16-37(31)45(38)30-12-4-3-5-13-30/h3-21,24-27H,22-23H2,1-2H3. The zero-order valence-electron chi connectivity index (χ0n) is 25.9. The van der Waals surface area contributed by atoms with E-state index in [9.17, 15) is 0 Å². The molecule has 9 rings (SSSR count). The Balaban J connectivity index is 1.27. The van der Waals surface area contributed by atoms with E-state index in [0.717, 1.165) is 46.9 Å². The van der Waals surface area contributed by atoms with Gasteiger partial charge in [0.25, 0.3) is 0 Å². The molecule has 3 aromatic heterocycles. The Morgan fingerprint density at radius 3 is 2.41 bits per heavy atom. The Hall–Kier alpha value is -5.06. The molecular weight excluding hydrogens is 579 g/mol. The second-order valence-corrected chi connectivity index (χ2v) is 13.9. The van der Waals surface area contributed by atoms with E-state index in [1.54, 1.807) is 0 Å². The van der Waals surface area contributed by atoms with E-state index in [2.05, 4.69) is 146 Å². The van der Waals surface area contributed by atoms with Gasteiger partial charge in [0.05, 0.1) is 22.4 Å². The summed E-state index contributed by atoms with van der Waals surface area (Å²) >= 11 is 1.88. The molecule has 2 aliphatic rings. The molecule has 7 aromatic rings. The van der Waals surface area contributed by atoms with Crippen LogP contribution in [0, 0.1) is 11.8 Å². The molecule has 2 atom stereocenters. The minimum absolute atomic E-state index is 0.475. The second-order valence-electron chi connectivity index (χ2n) is 12.8. The molecule has 0 saturated heterocycles. The van der Waals surface area contributed by atoms with Gasteiger partial charge >= 0.3 is 0 Å². The summed E-state index contributed by atoms with van der Waals surface area (Å²) in [6.45, 7) is 4.58. The van der Waals surface area contributed by atoms with Crippen LogP contribution in [0.2, 0.25) is 0 Å². The number of hydrogen-bond acceptors (Lipinski definition) is 3. The molecule has 0 bridgehead atoms. The maximum Gasteiger partial charge on any atom is 0.161 e. The summed E-state index contributed by atoms with van der Waals surface area (Å²) < 4.78 is 3.67. The molecular formula is C42H33N3S. The average molecular weight is 612 g/mol. The Morgan fingerprint density at radius 1 is 0.717 bits per heavy atom. The van der Waals surface area contributed by atoms with Crippen LogP contribution in [-0.4, -0.2) is 14.5 Å². The fourth-order valence-corrected chi connectivity index (χ4v) is 8.47. The Morgan fingerprint density at radius 2 is 1.52 bits per heavy atom. The number of rotatable bonds is 4. The van der Waals surface area contributed by atoms with Crippen LogP contribution in [0.25, 0.3) is 71.9 Å². The van der Waals surface area contributed by atoms with Crippen molar-refractivity contribution in [1.29, 1.82) is 0 Å². The van der Waals surface area contributed by atoms with Crippen LogP contribution in [-0.2, 0) is 6.42 Å². The first kappa shape index (κ1) is 27.3. The predicted molar refractivity (Wildman–Crippen MR) is 195 cm³/mol. The van der Waals surface area contributed by atoms with E-state index >= 15 is 0 Å². The Labute approximate surface area is 272 Å². The molecule has 0 saturated carbocycles. The molecule has 2 unspecified atom stereocenters. The highest BCUT2D eigenvalue weighted by Crippen LogP contribution is 2.42. The largest absolute Gasteiger partial charge is 0.309 e. The van der Waals surface area contributed by atoms with Crippen molar-refractivity contribution in [2.75, 3.05) is 0 Å². The van der Waals surface area contributed by atoms with E-state index in [1.165, 1.54) is 47.9 Å². The first-order chi connectivity index (χ1) is 22.6. The SMILES string of the molecule is CC1C=CC=C(c2cc(-c3ccc4c(c3)c3ccccc3n4-c3ccccc3)nc(-c3cccc4sc5c(c34)CC(C)C=C5)n2)C1. The molecule has 0 radical (unpaired) electrons. The van der Waals surface area contributed by atoms with Crippen molar-refractivity contribution in [1.82, 2.24) is 14.5 Å². The van der Waals surface area contributed by atoms with Gasteiger partial charge in [-0.05, 0) is 84.4 Å². The molecule has 4 heteroatoms. The smallest absolute Gasteiger partial charge is 0.161 e. The highest BCUT2D eigenvalue weighted by Gasteiger charge is 2.22. The number of nitrogens with zero attached hydrogens (tertiary/aromatic N) is 3. The second kappa shape index (κ2) is 10.8. The average Bonchev–Trinajstić information content (AvgIpc) is 3.63. The molecule has 0 aliphatic heterocycles. The van der Waals surface area contributed by atoms with Gasteiger partial charge in [-0.2, -0.15) is 0 Å². The minimum Gasteiger partial charge on any atom is -0.309 e. The van der Waals surface area contributed by atoms with Gasteiger partial charge in [0.1, 0.15) is 0 Å². The summed E-state index contributed by atoms with van der Waals surface area (Å²) in [7, 11) is 0. The topological polar surface area (TPSA) is 30.7 Å². The van der Waals surface area contributed by atoms with Crippen molar-refractivity contribution in [3.8, 4) is 28.3 Å². The van der Waals surface area contributed by atoms with Crippen LogP contribution in [0.3, 0.4) is 0 Å². The van der Waals surface area contributed by atoms with Gasteiger partial charge in [0, 0.05) is 42.6 Å². The van der Waals surface area contributed by atoms with Crippen molar-refractivity contribution in [2.45, 2.75) is 26.7 Å². The molecule has 3 nitrogen and oxygen atoms in total. The van der Waals surface area contributed by atoms with E-state index < -0.39 is 0 Å². The number of benzene rings is 4. The molecule has 0 spiro atoms. The van der Waals surface area contributed by atoms with Gasteiger partial charge in [-0.15, -0.1) is 11.3 Å². The summed E-state index contributed by atoms with van der Waals surface area (Å²) in [5.74, 6) is 1.80. The summed E-state index contributed by atoms with van der Waals surface area (Å²) in [5, 5.41) is 3.78. The lowest BCUT2D eigenvalue weighted by Crippen LogP contribution is -2.04. The number of hydrogen-bond donors (Lipinski definition) is 0. The Kier molecular flexibility index (Phi) is 6.39. The third-order valence-corrected chi connectivity index (χ3v) is 10.7. The molecule has 2 aliphatic carbocycles. The van der Waals surface area contributed by atoms with Crippen LogP contribution in [0.5, 0.6) is 0 Å². The Bertz CT molecular complexity index is 2400. The molecule has 46 heavy (non-hydrogen) atoms. The molecule has 3 heterocycles. The molecule has 0 N–H and O–H groups in total. The highest BCUT2D eigenvalue weighted by molar-refractivity contribution is 7.20. The minimum atomic E-state index is 0.475. The van der Waals surface area contributed by atoms with Crippen LogP contribution >= 0.6 is 11.3 Å². The van der Waals surface area contributed by atoms with Crippen molar-refractivity contribution >= 4 is 54.9 Å². The summed E-state index contributed by atoms with van der Waals surface area (Å²) in [6.07, 6.45) is 13.3. The van der Waals surface area contributed by atoms with Gasteiger partial charge < -0.3 is 4.57 Å². The van der Waals surface area contributed by atoms with Gasteiger partial charge in [-0.3, -0.25) is 0 Å². The van der Waals surface area contributed by atoms with Crippen molar-refractivity contribution in [3.05, 3.63) is 138 Å². The van der Waals surface area contributed by atoms with Crippen LogP contribution < -0.4 is 0 Å². The predicted octanol–water partition coefficient (Wildman–Crippen LogP) is 11.3. The number of aromatic nitrogens is 3. The lowest BCUT2D eigenvalue weighted by atomic mass is 9.91. The maximum atomic E-state index is 5.36. The monoisotopic (exact) mass is 611 g/mol. The van der Waals surface area contributed by atoms with E-state index in [0.29, 0.717) is 11.8 Å². The van der Waals surface area contributed by atoms with Gasteiger partial charge in [0.15, 0.2) is 5.82 Å². The fraction of sp³-hybridized carbons (Fsp3) is 0.143. The van der Waals surface area contributed by atoms with E-state index in [1.807, 2.05) is 11.3 Å². The van der Waals surface area contributed by atoms with Crippen molar-refractivity contribution in [2.24, 2.45) is 11.8 Å². The third-order valence-electron chi connectivity index (χ3n) is 9.51. The van der Waals surface area contributed by atoms with Crippen molar-refractivity contribution < 1.29 is 0 Å². The van der Waals surface area contributed by atoms with Gasteiger partial charge in [-0.25, -0.2) is 9.97 Å². The van der Waals surface area contributed by atoms with Crippen LogP contribution in [0.15, 0.2) is 121 Å². The molecule has 4 aromatic carbocycles. The number of thiophene rings is 1. The highest BCUT2D eigenvalue weighted by atomic mass is 32.1. The number of allylic oxidation sites excluding steroid dienone is 5. The summed E-state index contributed by atoms with van der Waals surface area (Å²) in [5.41, 5.74) is 10.4. The summed E-state index contributed by atoms with van der Waals surface area (Å²) in [6, 6.07) is 35.0. The molecule has 222 valence electrons. The van der Waals surface area contributed by atoms with E-state index in [-0.39, 0.29) is 0 Å². The normalized spacial score (nSPS) is 17.6. The first-order valence-electron chi connectivity index (χ1n) is 16.2. The zero-order valence-corrected chi connectivity index (χ0v) is 26.8. The third kappa shape index (κ3) is 4.47. The first-order valence-corrected chi connectivity index (χ1v) is 17.0. The quantitative estimate of drug-likeness (QED) is 0.198. The van der Waals surface area contributed by atoms with Crippen molar-refractivity contribution in [3.63, 3.8) is 0 Å². The number of para-hydroxylation sites is 2. The van der Waals surface area contributed by atoms with Crippen LogP contribution in [0.4, 0.5) is 0 Å². The lowest BCUT2D eigenvalue weighted by Gasteiger charge is -2.17. The lowest BCUT2D eigenvalue weighted by molar-refractivity contribution is 0.724. The summed E-state index contributed by atoms with van der Waals surface area (Å²) in [4.78, 5) is 12.0. The van der Waals surface area contributed by atoms with Crippen LogP contribution in [0.1, 0.15) is 36.4 Å². The molecule has 0 amide bonds. The molecule has 0 fully saturated rings.